The summed E-state index contributed by atoms with van der Waals surface area (Å²) in [5.74, 6) is -1.61. The number of nitriles is 1. The summed E-state index contributed by atoms with van der Waals surface area (Å²) in [4.78, 5) is 12.2. The lowest BCUT2D eigenvalue weighted by molar-refractivity contribution is -0.147. The van der Waals surface area contributed by atoms with Gasteiger partial charge in [0.25, 0.3) is 0 Å². The van der Waals surface area contributed by atoms with E-state index in [9.17, 15) is 10.1 Å². The van der Waals surface area contributed by atoms with Crippen LogP contribution in [-0.2, 0) is 9.53 Å². The quantitative estimate of drug-likeness (QED) is 0.660. The number of hydrogen-bond donors (Lipinski definition) is 2. The van der Waals surface area contributed by atoms with Crippen molar-refractivity contribution in [1.29, 1.82) is 5.26 Å². The van der Waals surface area contributed by atoms with Crippen LogP contribution in [0.1, 0.15) is 18.4 Å². The van der Waals surface area contributed by atoms with Crippen molar-refractivity contribution in [3.05, 3.63) is 47.0 Å². The summed E-state index contributed by atoms with van der Waals surface area (Å²) in [5, 5.41) is 12.6. The molecule has 2 rings (SSSR count). The lowest BCUT2D eigenvalue weighted by Gasteiger charge is -2.32. The molecule has 2 unspecified atom stereocenters. The predicted octanol–water partition coefficient (Wildman–Crippen LogP) is 2.32. The minimum Gasteiger partial charge on any atom is -0.472 e. The van der Waals surface area contributed by atoms with Gasteiger partial charge < -0.3 is 14.5 Å². The van der Waals surface area contributed by atoms with Gasteiger partial charge in [-0.05, 0) is 18.6 Å². The molecule has 0 aromatic carbocycles. The molecule has 2 atom stereocenters. The number of allylic oxidation sites excluding steroid dienone is 1. The van der Waals surface area contributed by atoms with Gasteiger partial charge in [-0.3, -0.25) is 4.79 Å². The molecule has 0 bridgehead atoms. The molecule has 0 amide bonds. The molecule has 0 radical (unpaired) electrons. The van der Waals surface area contributed by atoms with Crippen LogP contribution >= 0.6 is 12.6 Å². The van der Waals surface area contributed by atoms with Gasteiger partial charge in [-0.15, -0.1) is 12.6 Å². The Morgan fingerprint density at radius 2 is 2.45 bits per heavy atom. The maximum atomic E-state index is 12.2. The molecule has 104 valence electrons. The summed E-state index contributed by atoms with van der Waals surface area (Å²) in [6.07, 6.45) is 3.00. The average Bonchev–Trinajstić information content (AvgIpc) is 2.91. The van der Waals surface area contributed by atoms with Gasteiger partial charge in [-0.25, -0.2) is 0 Å². The van der Waals surface area contributed by atoms with Crippen LogP contribution in [0, 0.1) is 17.2 Å². The molecule has 6 heteroatoms. The van der Waals surface area contributed by atoms with Crippen LogP contribution in [0.15, 0.2) is 45.9 Å². The SMILES string of the molecule is C=C1NC(S)=C(C#N)C(c2ccoc2)C1C(=O)OCC. The van der Waals surface area contributed by atoms with Crippen molar-refractivity contribution in [2.24, 2.45) is 5.92 Å². The van der Waals surface area contributed by atoms with E-state index in [-0.39, 0.29) is 6.61 Å². The van der Waals surface area contributed by atoms with Crippen LogP contribution in [-0.4, -0.2) is 12.6 Å². The monoisotopic (exact) mass is 290 g/mol. The number of rotatable bonds is 3. The summed E-state index contributed by atoms with van der Waals surface area (Å²) in [5.41, 5.74) is 1.53. The van der Waals surface area contributed by atoms with E-state index >= 15 is 0 Å². The van der Waals surface area contributed by atoms with E-state index < -0.39 is 17.8 Å². The first-order valence-corrected chi connectivity index (χ1v) is 6.52. The Balaban J connectivity index is 2.51. The third kappa shape index (κ3) is 2.45. The molecular formula is C14H14N2O3S. The average molecular weight is 290 g/mol. The second kappa shape index (κ2) is 5.88. The van der Waals surface area contributed by atoms with Gasteiger partial charge in [-0.2, -0.15) is 5.26 Å². The van der Waals surface area contributed by atoms with Crippen molar-refractivity contribution >= 4 is 18.6 Å². The fraction of sp³-hybridized carbons (Fsp3) is 0.286. The fourth-order valence-electron chi connectivity index (χ4n) is 2.26. The van der Waals surface area contributed by atoms with E-state index in [0.29, 0.717) is 21.9 Å². The zero-order valence-corrected chi connectivity index (χ0v) is 11.8. The van der Waals surface area contributed by atoms with Gasteiger partial charge in [0.2, 0.25) is 0 Å². The van der Waals surface area contributed by atoms with E-state index in [1.54, 1.807) is 13.0 Å². The second-order valence-electron chi connectivity index (χ2n) is 4.29. The summed E-state index contributed by atoms with van der Waals surface area (Å²) in [7, 11) is 0. The highest BCUT2D eigenvalue weighted by Crippen LogP contribution is 2.41. The summed E-state index contributed by atoms with van der Waals surface area (Å²) < 4.78 is 10.1. The third-order valence-corrected chi connectivity index (χ3v) is 3.47. The van der Waals surface area contributed by atoms with Gasteiger partial charge in [0, 0.05) is 11.6 Å². The Hall–Kier alpha value is -2.13. The molecule has 0 spiro atoms. The van der Waals surface area contributed by atoms with Gasteiger partial charge in [0.05, 0.1) is 35.8 Å². The highest BCUT2D eigenvalue weighted by molar-refractivity contribution is 7.84. The van der Waals surface area contributed by atoms with E-state index in [2.05, 4.69) is 30.6 Å². The Labute approximate surface area is 122 Å². The molecule has 5 nitrogen and oxygen atoms in total. The summed E-state index contributed by atoms with van der Waals surface area (Å²) in [6, 6.07) is 3.81. The standard InChI is InChI=1S/C14H14N2O3S/c1-3-19-14(17)11-8(2)16-13(20)10(6-15)12(11)9-4-5-18-7-9/h4-5,7,11-12,16,20H,2-3H2,1H3. The van der Waals surface area contributed by atoms with Crippen LogP contribution < -0.4 is 5.32 Å². The summed E-state index contributed by atoms with van der Waals surface area (Å²) in [6.45, 7) is 5.84. The number of carbonyl (C=O) groups is 1. The first-order valence-electron chi connectivity index (χ1n) is 6.07. The number of carbonyl (C=O) groups excluding carboxylic acids is 1. The van der Waals surface area contributed by atoms with Gasteiger partial charge in [0.1, 0.15) is 5.92 Å². The molecule has 1 N–H and O–H groups in total. The van der Waals surface area contributed by atoms with Crippen molar-refractivity contribution in [2.45, 2.75) is 12.8 Å². The number of furan rings is 1. The second-order valence-corrected chi connectivity index (χ2v) is 4.74. The third-order valence-electron chi connectivity index (χ3n) is 3.12. The van der Waals surface area contributed by atoms with Crippen molar-refractivity contribution < 1.29 is 13.9 Å². The highest BCUT2D eigenvalue weighted by Gasteiger charge is 2.40. The number of ether oxygens (including phenoxy) is 1. The zero-order valence-electron chi connectivity index (χ0n) is 10.9. The number of thiol groups is 1. The Bertz CT molecular complexity index is 598. The van der Waals surface area contributed by atoms with E-state index in [0.717, 1.165) is 0 Å². The molecular weight excluding hydrogens is 276 g/mol. The zero-order chi connectivity index (χ0) is 14.7. The topological polar surface area (TPSA) is 75.3 Å². The highest BCUT2D eigenvalue weighted by atomic mass is 32.1. The van der Waals surface area contributed by atoms with Crippen molar-refractivity contribution in [3.8, 4) is 6.07 Å². The molecule has 0 fully saturated rings. The minimum absolute atomic E-state index is 0.264. The molecule has 0 saturated carbocycles. The van der Waals surface area contributed by atoms with Gasteiger partial charge >= 0.3 is 5.97 Å². The minimum atomic E-state index is -0.682. The fourth-order valence-corrected chi connectivity index (χ4v) is 2.59. The van der Waals surface area contributed by atoms with E-state index in [1.807, 2.05) is 0 Å². The normalized spacial score (nSPS) is 22.1. The largest absolute Gasteiger partial charge is 0.472 e. The van der Waals surface area contributed by atoms with Crippen molar-refractivity contribution in [3.63, 3.8) is 0 Å². The van der Waals surface area contributed by atoms with E-state index in [1.165, 1.54) is 12.5 Å². The first-order chi connectivity index (χ1) is 9.60. The number of hydrogen-bond acceptors (Lipinski definition) is 6. The number of esters is 1. The Morgan fingerprint density at radius 1 is 1.70 bits per heavy atom. The Kier molecular flexibility index (Phi) is 4.20. The molecule has 1 aromatic heterocycles. The van der Waals surface area contributed by atoms with Crippen molar-refractivity contribution in [2.75, 3.05) is 6.61 Å². The van der Waals surface area contributed by atoms with Gasteiger partial charge in [-0.1, -0.05) is 6.58 Å². The Morgan fingerprint density at radius 3 is 3.00 bits per heavy atom. The lowest BCUT2D eigenvalue weighted by Crippen LogP contribution is -2.36. The predicted molar refractivity (Wildman–Crippen MR) is 75.5 cm³/mol. The van der Waals surface area contributed by atoms with Crippen LogP contribution in [0.3, 0.4) is 0 Å². The molecule has 1 aliphatic rings. The smallest absolute Gasteiger partial charge is 0.315 e. The first kappa shape index (κ1) is 14.3. The van der Waals surface area contributed by atoms with E-state index in [4.69, 9.17) is 9.15 Å². The summed E-state index contributed by atoms with van der Waals surface area (Å²) >= 11 is 4.25. The van der Waals surface area contributed by atoms with Crippen LogP contribution in [0.5, 0.6) is 0 Å². The van der Waals surface area contributed by atoms with Gasteiger partial charge in [0.15, 0.2) is 0 Å². The molecule has 20 heavy (non-hydrogen) atoms. The molecule has 0 aliphatic carbocycles. The maximum Gasteiger partial charge on any atom is 0.315 e. The number of nitrogens with one attached hydrogen (secondary N) is 1. The molecule has 2 heterocycles. The van der Waals surface area contributed by atoms with Crippen LogP contribution in [0.25, 0.3) is 0 Å². The maximum absolute atomic E-state index is 12.2. The lowest BCUT2D eigenvalue weighted by atomic mass is 9.78. The van der Waals surface area contributed by atoms with Crippen LogP contribution in [0.4, 0.5) is 0 Å². The number of nitrogens with zero attached hydrogens (tertiary/aromatic N) is 1. The van der Waals surface area contributed by atoms with Crippen LogP contribution in [0.2, 0.25) is 0 Å². The molecule has 0 saturated heterocycles. The molecule has 1 aromatic rings. The molecule has 1 aliphatic heterocycles. The van der Waals surface area contributed by atoms with Crippen molar-refractivity contribution in [1.82, 2.24) is 5.32 Å².